The van der Waals surface area contributed by atoms with Gasteiger partial charge in [-0.25, -0.2) is 4.79 Å². The summed E-state index contributed by atoms with van der Waals surface area (Å²) in [4.78, 5) is 27.7. The zero-order chi connectivity index (χ0) is 15.9. The van der Waals surface area contributed by atoms with Crippen LogP contribution in [0.1, 0.15) is 25.3 Å². The second-order valence-electron chi connectivity index (χ2n) is 5.88. The fraction of sp³-hybridized carbons (Fsp3) is 0.529. The highest BCUT2D eigenvalue weighted by atomic mass is 16.2. The van der Waals surface area contributed by atoms with Crippen LogP contribution in [-0.2, 0) is 11.3 Å². The third-order valence-corrected chi connectivity index (χ3v) is 4.05. The minimum absolute atomic E-state index is 0.0184. The number of hydrogen-bond acceptors (Lipinski definition) is 2. The van der Waals surface area contributed by atoms with Gasteiger partial charge in [0.2, 0.25) is 5.91 Å². The molecule has 1 heterocycles. The molecule has 1 N–H and O–H groups in total. The molecule has 1 saturated heterocycles. The first kappa shape index (κ1) is 16.3. The van der Waals surface area contributed by atoms with Gasteiger partial charge in [0.15, 0.2) is 0 Å². The van der Waals surface area contributed by atoms with Gasteiger partial charge < -0.3 is 15.1 Å². The summed E-state index contributed by atoms with van der Waals surface area (Å²) in [7, 11) is 1.84. The molecule has 0 aliphatic carbocycles. The summed E-state index contributed by atoms with van der Waals surface area (Å²) in [5.74, 6) is 0.417. The molecule has 1 aliphatic rings. The lowest BCUT2D eigenvalue weighted by Crippen LogP contribution is -2.38. The average molecular weight is 303 g/mol. The molecule has 2 rings (SSSR count). The van der Waals surface area contributed by atoms with Crippen LogP contribution >= 0.6 is 0 Å². The molecule has 1 aliphatic heterocycles. The summed E-state index contributed by atoms with van der Waals surface area (Å²) in [6, 6.07) is 9.96. The van der Waals surface area contributed by atoms with Gasteiger partial charge in [0.05, 0.1) is 0 Å². The highest BCUT2D eigenvalue weighted by Crippen LogP contribution is 2.20. The van der Waals surface area contributed by atoms with E-state index in [-0.39, 0.29) is 17.9 Å². The first-order valence-corrected chi connectivity index (χ1v) is 7.90. The number of nitrogens with one attached hydrogen (secondary N) is 1. The molecule has 0 radical (unpaired) electrons. The van der Waals surface area contributed by atoms with Crippen molar-refractivity contribution < 1.29 is 9.59 Å². The van der Waals surface area contributed by atoms with Crippen molar-refractivity contribution in [2.24, 2.45) is 5.92 Å². The molecule has 5 heteroatoms. The molecule has 1 fully saturated rings. The first-order valence-electron chi connectivity index (χ1n) is 7.90. The van der Waals surface area contributed by atoms with Crippen molar-refractivity contribution in [1.82, 2.24) is 15.1 Å². The molecule has 0 aromatic heterocycles. The largest absolute Gasteiger partial charge is 0.341 e. The highest BCUT2D eigenvalue weighted by Gasteiger charge is 2.28. The summed E-state index contributed by atoms with van der Waals surface area (Å²) >= 11 is 0. The third-order valence-electron chi connectivity index (χ3n) is 4.05. The van der Waals surface area contributed by atoms with Crippen molar-refractivity contribution in [2.75, 3.05) is 26.7 Å². The van der Waals surface area contributed by atoms with E-state index >= 15 is 0 Å². The van der Waals surface area contributed by atoms with E-state index in [9.17, 15) is 9.59 Å². The summed E-state index contributed by atoms with van der Waals surface area (Å²) in [5, 5.41) is 2.81. The SMILES string of the molecule is CCNC(=O)N1CCC(CC(=O)N(C)Cc2ccccc2)C1. The predicted octanol–water partition coefficient (Wildman–Crippen LogP) is 2.09. The second kappa shape index (κ2) is 7.82. The number of carbonyl (C=O) groups excluding carboxylic acids is 2. The summed E-state index contributed by atoms with van der Waals surface area (Å²) in [6.07, 6.45) is 1.42. The molecule has 22 heavy (non-hydrogen) atoms. The van der Waals surface area contributed by atoms with Crippen LogP contribution in [0.3, 0.4) is 0 Å². The Hall–Kier alpha value is -2.04. The Balaban J connectivity index is 1.79. The molecule has 120 valence electrons. The molecule has 1 aromatic carbocycles. The Morgan fingerprint density at radius 2 is 2.05 bits per heavy atom. The predicted molar refractivity (Wildman–Crippen MR) is 86.3 cm³/mol. The Morgan fingerprint density at radius 1 is 1.32 bits per heavy atom. The van der Waals surface area contributed by atoms with Gasteiger partial charge in [0.25, 0.3) is 0 Å². The molecular formula is C17H25N3O2. The number of rotatable bonds is 5. The van der Waals surface area contributed by atoms with Crippen LogP contribution in [-0.4, -0.2) is 48.4 Å². The Labute approximate surface area is 132 Å². The normalized spacial score (nSPS) is 17.4. The van der Waals surface area contributed by atoms with E-state index in [1.807, 2.05) is 44.3 Å². The highest BCUT2D eigenvalue weighted by molar-refractivity contribution is 5.77. The smallest absolute Gasteiger partial charge is 0.317 e. The lowest BCUT2D eigenvalue weighted by atomic mass is 10.0. The maximum atomic E-state index is 12.3. The Bertz CT molecular complexity index is 504. The quantitative estimate of drug-likeness (QED) is 0.905. The van der Waals surface area contributed by atoms with Gasteiger partial charge in [-0.2, -0.15) is 0 Å². The monoisotopic (exact) mass is 303 g/mol. The Morgan fingerprint density at radius 3 is 2.73 bits per heavy atom. The number of urea groups is 1. The molecule has 5 nitrogen and oxygen atoms in total. The van der Waals surface area contributed by atoms with Crippen LogP contribution in [0.2, 0.25) is 0 Å². The van der Waals surface area contributed by atoms with Crippen LogP contribution in [0.5, 0.6) is 0 Å². The van der Waals surface area contributed by atoms with Crippen molar-refractivity contribution in [1.29, 1.82) is 0 Å². The lowest BCUT2D eigenvalue weighted by molar-refractivity contribution is -0.131. The first-order chi connectivity index (χ1) is 10.6. The second-order valence-corrected chi connectivity index (χ2v) is 5.88. The van der Waals surface area contributed by atoms with Crippen LogP contribution in [0.25, 0.3) is 0 Å². The van der Waals surface area contributed by atoms with Gasteiger partial charge in [-0.15, -0.1) is 0 Å². The molecule has 1 unspecified atom stereocenters. The Kier molecular flexibility index (Phi) is 5.81. The van der Waals surface area contributed by atoms with Gasteiger partial charge in [-0.05, 0) is 24.8 Å². The molecule has 3 amide bonds. The summed E-state index contributed by atoms with van der Waals surface area (Å²) < 4.78 is 0. The fourth-order valence-corrected chi connectivity index (χ4v) is 2.80. The van der Waals surface area contributed by atoms with Gasteiger partial charge in [-0.3, -0.25) is 4.79 Å². The van der Waals surface area contributed by atoms with E-state index in [4.69, 9.17) is 0 Å². The average Bonchev–Trinajstić information content (AvgIpc) is 2.97. The molecular weight excluding hydrogens is 278 g/mol. The summed E-state index contributed by atoms with van der Waals surface area (Å²) in [6.45, 7) is 4.60. The molecule has 1 atom stereocenters. The van der Waals surface area contributed by atoms with Crippen molar-refractivity contribution in [3.63, 3.8) is 0 Å². The lowest BCUT2D eigenvalue weighted by Gasteiger charge is -2.20. The van der Waals surface area contributed by atoms with Crippen molar-refractivity contribution in [2.45, 2.75) is 26.3 Å². The van der Waals surface area contributed by atoms with Gasteiger partial charge >= 0.3 is 6.03 Å². The van der Waals surface area contributed by atoms with Crippen molar-refractivity contribution >= 4 is 11.9 Å². The summed E-state index contributed by atoms with van der Waals surface area (Å²) in [5.41, 5.74) is 1.13. The molecule has 0 spiro atoms. The fourth-order valence-electron chi connectivity index (χ4n) is 2.80. The number of likely N-dealkylation sites (tertiary alicyclic amines) is 1. The minimum Gasteiger partial charge on any atom is -0.341 e. The van der Waals surface area contributed by atoms with Crippen molar-refractivity contribution in [3.8, 4) is 0 Å². The number of amides is 3. The van der Waals surface area contributed by atoms with Crippen LogP contribution in [0.15, 0.2) is 30.3 Å². The maximum absolute atomic E-state index is 12.3. The van der Waals surface area contributed by atoms with Crippen LogP contribution in [0.4, 0.5) is 4.79 Å². The van der Waals surface area contributed by atoms with Gasteiger partial charge in [0, 0.05) is 39.6 Å². The van der Waals surface area contributed by atoms with E-state index in [0.29, 0.717) is 26.1 Å². The van der Waals surface area contributed by atoms with Gasteiger partial charge in [0.1, 0.15) is 0 Å². The zero-order valence-corrected chi connectivity index (χ0v) is 13.4. The van der Waals surface area contributed by atoms with E-state index < -0.39 is 0 Å². The van der Waals surface area contributed by atoms with E-state index in [1.54, 1.807) is 9.80 Å². The maximum Gasteiger partial charge on any atom is 0.317 e. The van der Waals surface area contributed by atoms with Crippen molar-refractivity contribution in [3.05, 3.63) is 35.9 Å². The van der Waals surface area contributed by atoms with E-state index in [1.165, 1.54) is 0 Å². The van der Waals surface area contributed by atoms with Crippen LogP contribution < -0.4 is 5.32 Å². The molecule has 0 bridgehead atoms. The minimum atomic E-state index is -0.0184. The molecule has 1 aromatic rings. The van der Waals surface area contributed by atoms with Gasteiger partial charge in [-0.1, -0.05) is 30.3 Å². The third kappa shape index (κ3) is 4.48. The number of hydrogen-bond donors (Lipinski definition) is 1. The number of carbonyl (C=O) groups is 2. The molecule has 0 saturated carbocycles. The van der Waals surface area contributed by atoms with E-state index in [2.05, 4.69) is 5.32 Å². The number of nitrogens with zero attached hydrogens (tertiary/aromatic N) is 2. The number of benzene rings is 1. The standard InChI is InChI=1S/C17H25N3O2/c1-3-18-17(22)20-10-9-15(13-20)11-16(21)19(2)12-14-7-5-4-6-8-14/h4-8,15H,3,9-13H2,1-2H3,(H,18,22). The van der Waals surface area contributed by atoms with E-state index in [0.717, 1.165) is 18.5 Å². The zero-order valence-electron chi connectivity index (χ0n) is 13.4. The van der Waals surface area contributed by atoms with Crippen LogP contribution in [0, 0.1) is 5.92 Å². The topological polar surface area (TPSA) is 52.7 Å².